The Bertz CT molecular complexity index is 541. The van der Waals surface area contributed by atoms with Crippen LogP contribution < -0.4 is 5.32 Å². The third-order valence-electron chi connectivity index (χ3n) is 3.11. The Morgan fingerprint density at radius 2 is 2.25 bits per heavy atom. The summed E-state index contributed by atoms with van der Waals surface area (Å²) in [6.07, 6.45) is 8.25. The van der Waals surface area contributed by atoms with Gasteiger partial charge in [0, 0.05) is 31.2 Å². The summed E-state index contributed by atoms with van der Waals surface area (Å²) in [5.74, 6) is -0.320. The first-order chi connectivity index (χ1) is 9.63. The van der Waals surface area contributed by atoms with Gasteiger partial charge in [-0.2, -0.15) is 0 Å². The number of nitrogens with zero attached hydrogens (tertiary/aromatic N) is 1. The van der Waals surface area contributed by atoms with Gasteiger partial charge in [0.15, 0.2) is 0 Å². The summed E-state index contributed by atoms with van der Waals surface area (Å²) in [6.45, 7) is 2.34. The summed E-state index contributed by atoms with van der Waals surface area (Å²) in [6, 6.07) is 0. The number of amides is 2. The smallest absolute Gasteiger partial charge is 0.248 e. The average molecular weight is 274 g/mol. The molecule has 0 saturated heterocycles. The number of allylic oxidation sites excluding steroid dienone is 3. The molecule has 5 nitrogen and oxygen atoms in total. The summed E-state index contributed by atoms with van der Waals surface area (Å²) in [4.78, 5) is 27.2. The first-order valence-corrected chi connectivity index (χ1v) is 6.65. The van der Waals surface area contributed by atoms with Crippen molar-refractivity contribution >= 4 is 17.5 Å². The molecule has 1 unspecified atom stereocenters. The molecule has 2 aliphatic rings. The van der Waals surface area contributed by atoms with Crippen molar-refractivity contribution < 1.29 is 14.3 Å². The lowest BCUT2D eigenvalue weighted by Crippen LogP contribution is -2.34. The van der Waals surface area contributed by atoms with E-state index in [1.165, 1.54) is 0 Å². The highest BCUT2D eigenvalue weighted by Gasteiger charge is 2.26. The van der Waals surface area contributed by atoms with Gasteiger partial charge in [-0.3, -0.25) is 9.59 Å². The van der Waals surface area contributed by atoms with Crippen LogP contribution in [0.4, 0.5) is 0 Å². The van der Waals surface area contributed by atoms with Gasteiger partial charge in [0.05, 0.1) is 12.3 Å². The molecule has 1 aliphatic carbocycles. The molecule has 1 aliphatic heterocycles. The number of methoxy groups -OCH3 is 1. The van der Waals surface area contributed by atoms with Crippen LogP contribution in [-0.4, -0.2) is 31.2 Å². The number of carbonyl (C=O) groups is 2. The molecule has 106 valence electrons. The van der Waals surface area contributed by atoms with Crippen molar-refractivity contribution in [2.45, 2.75) is 19.8 Å². The monoisotopic (exact) mass is 274 g/mol. The van der Waals surface area contributed by atoms with E-state index in [1.807, 2.05) is 19.1 Å². The lowest BCUT2D eigenvalue weighted by Gasteiger charge is -2.27. The molecule has 1 N–H and O–H groups in total. The zero-order valence-corrected chi connectivity index (χ0v) is 11.7. The van der Waals surface area contributed by atoms with Crippen LogP contribution in [-0.2, 0) is 14.3 Å². The van der Waals surface area contributed by atoms with E-state index in [4.69, 9.17) is 4.74 Å². The van der Waals surface area contributed by atoms with E-state index in [9.17, 15) is 9.59 Å². The van der Waals surface area contributed by atoms with Gasteiger partial charge in [-0.05, 0) is 24.1 Å². The van der Waals surface area contributed by atoms with Crippen LogP contribution in [0.2, 0.25) is 0 Å². The number of nitrogens with one attached hydrogen (secondary N) is 1. The Balaban J connectivity index is 2.22. The molecule has 0 radical (unpaired) electrons. The molecule has 0 saturated carbocycles. The third kappa shape index (κ3) is 3.30. The fourth-order valence-corrected chi connectivity index (χ4v) is 2.25. The zero-order valence-electron chi connectivity index (χ0n) is 11.7. The topological polar surface area (TPSA) is 67.8 Å². The predicted molar refractivity (Wildman–Crippen MR) is 76.2 cm³/mol. The Labute approximate surface area is 118 Å². The van der Waals surface area contributed by atoms with E-state index in [0.717, 1.165) is 17.7 Å². The molecular formula is C15H18N2O3. The molecule has 20 heavy (non-hydrogen) atoms. The molecule has 2 rings (SSSR count). The summed E-state index contributed by atoms with van der Waals surface area (Å²) in [5, 5.41) is 2.79. The zero-order chi connectivity index (χ0) is 14.5. The minimum atomic E-state index is -0.172. The number of carbonyl (C=O) groups excluding carboxylic acids is 2. The van der Waals surface area contributed by atoms with Gasteiger partial charge in [0.1, 0.15) is 0 Å². The van der Waals surface area contributed by atoms with Crippen LogP contribution in [0.15, 0.2) is 40.6 Å². The fraction of sp³-hybridized carbons (Fsp3) is 0.400. The molecule has 5 heteroatoms. The van der Waals surface area contributed by atoms with Crippen LogP contribution in [0.25, 0.3) is 0 Å². The highest BCUT2D eigenvalue weighted by atomic mass is 16.5. The molecular weight excluding hydrogens is 256 g/mol. The highest BCUT2D eigenvalue weighted by molar-refractivity contribution is 6.11. The molecule has 1 atom stereocenters. The van der Waals surface area contributed by atoms with Gasteiger partial charge in [-0.1, -0.05) is 13.0 Å². The maximum Gasteiger partial charge on any atom is 0.248 e. The largest absolute Gasteiger partial charge is 0.380 e. The van der Waals surface area contributed by atoms with E-state index in [1.54, 1.807) is 19.3 Å². The van der Waals surface area contributed by atoms with Crippen molar-refractivity contribution in [3.63, 3.8) is 0 Å². The van der Waals surface area contributed by atoms with Gasteiger partial charge >= 0.3 is 0 Å². The van der Waals surface area contributed by atoms with E-state index >= 15 is 0 Å². The normalized spacial score (nSPS) is 23.0. The van der Waals surface area contributed by atoms with Crippen molar-refractivity contribution in [3.8, 4) is 0 Å². The lowest BCUT2D eigenvalue weighted by atomic mass is 9.88. The molecule has 0 aromatic carbocycles. The number of ether oxygens (including phenoxy) is 1. The summed E-state index contributed by atoms with van der Waals surface area (Å²) in [5.41, 5.74) is 2.22. The molecule has 0 spiro atoms. The Hall–Kier alpha value is -2.01. The number of aliphatic imine (C=N–C) groups is 1. The van der Waals surface area contributed by atoms with Gasteiger partial charge in [0.2, 0.25) is 11.8 Å². The minimum Gasteiger partial charge on any atom is -0.380 e. The second kappa shape index (κ2) is 6.43. The van der Waals surface area contributed by atoms with Gasteiger partial charge < -0.3 is 10.1 Å². The van der Waals surface area contributed by atoms with E-state index in [2.05, 4.69) is 10.3 Å². The van der Waals surface area contributed by atoms with Crippen LogP contribution in [0.3, 0.4) is 0 Å². The Morgan fingerprint density at radius 1 is 1.45 bits per heavy atom. The summed E-state index contributed by atoms with van der Waals surface area (Å²) in [7, 11) is 1.60. The van der Waals surface area contributed by atoms with E-state index in [0.29, 0.717) is 18.7 Å². The second-order valence-electron chi connectivity index (χ2n) is 4.76. The second-order valence-corrected chi connectivity index (χ2v) is 4.76. The number of hydrogen-bond acceptors (Lipinski definition) is 3. The van der Waals surface area contributed by atoms with Crippen molar-refractivity contribution in [3.05, 3.63) is 35.6 Å². The van der Waals surface area contributed by atoms with E-state index in [-0.39, 0.29) is 17.7 Å². The molecule has 0 fully saturated rings. The summed E-state index contributed by atoms with van der Waals surface area (Å²) >= 11 is 0. The molecule has 0 aromatic rings. The van der Waals surface area contributed by atoms with Crippen molar-refractivity contribution in [2.75, 3.05) is 13.7 Å². The highest BCUT2D eigenvalue weighted by Crippen LogP contribution is 2.27. The van der Waals surface area contributed by atoms with Gasteiger partial charge in [-0.25, -0.2) is 4.99 Å². The lowest BCUT2D eigenvalue weighted by molar-refractivity contribution is -0.118. The average Bonchev–Trinajstić information content (AvgIpc) is 2.38. The SMILES string of the molecule is CCCC(=O)N=C1C=CC2C(COC)=CC(=O)NC2=C1. The van der Waals surface area contributed by atoms with Crippen LogP contribution >= 0.6 is 0 Å². The van der Waals surface area contributed by atoms with Crippen molar-refractivity contribution in [2.24, 2.45) is 10.9 Å². The third-order valence-corrected chi connectivity index (χ3v) is 3.11. The number of rotatable bonds is 4. The van der Waals surface area contributed by atoms with Crippen LogP contribution in [0.1, 0.15) is 19.8 Å². The fourth-order valence-electron chi connectivity index (χ4n) is 2.25. The van der Waals surface area contributed by atoms with E-state index < -0.39 is 0 Å². The molecule has 1 heterocycles. The van der Waals surface area contributed by atoms with Gasteiger partial charge in [0.25, 0.3) is 0 Å². The van der Waals surface area contributed by atoms with Crippen molar-refractivity contribution in [1.29, 1.82) is 0 Å². The first kappa shape index (κ1) is 14.4. The molecule has 2 amide bonds. The standard InChI is InChI=1S/C15H18N2O3/c1-3-4-14(18)16-11-5-6-12-10(9-20-2)7-15(19)17-13(12)8-11/h5-8,12H,3-4,9H2,1-2H3,(H,17,19). The maximum absolute atomic E-state index is 11.6. The number of fused-ring (bicyclic) bond motifs is 1. The Morgan fingerprint density at radius 3 is 2.95 bits per heavy atom. The number of hydrogen-bond donors (Lipinski definition) is 1. The maximum atomic E-state index is 11.6. The quantitative estimate of drug-likeness (QED) is 0.845. The first-order valence-electron chi connectivity index (χ1n) is 6.65. The van der Waals surface area contributed by atoms with Gasteiger partial charge in [-0.15, -0.1) is 0 Å². The van der Waals surface area contributed by atoms with Crippen molar-refractivity contribution in [1.82, 2.24) is 5.32 Å². The minimum absolute atomic E-state index is 0.00660. The van der Waals surface area contributed by atoms with Crippen LogP contribution in [0, 0.1) is 5.92 Å². The Kier molecular flexibility index (Phi) is 4.63. The van der Waals surface area contributed by atoms with Crippen LogP contribution in [0.5, 0.6) is 0 Å². The molecule has 0 aromatic heterocycles. The summed E-state index contributed by atoms with van der Waals surface area (Å²) < 4.78 is 5.11. The molecule has 0 bridgehead atoms. The predicted octanol–water partition coefficient (Wildman–Crippen LogP) is 1.53.